The highest BCUT2D eigenvalue weighted by Crippen LogP contribution is 2.37. The van der Waals surface area contributed by atoms with Crippen molar-refractivity contribution in [3.8, 4) is 17.0 Å². The number of fused-ring (bicyclic) bond motifs is 1. The Balaban J connectivity index is 2.13. The van der Waals surface area contributed by atoms with Crippen molar-refractivity contribution >= 4 is 11.5 Å². The summed E-state index contributed by atoms with van der Waals surface area (Å²) in [4.78, 5) is 10.0. The SMILES string of the molecule is CCc1nc(-c2cc3c(cc2OC)C(=NO)CC3)c(CC)nc1NC(CC)CC. The van der Waals surface area contributed by atoms with Crippen LogP contribution >= 0.6 is 0 Å². The lowest BCUT2D eigenvalue weighted by molar-refractivity contribution is 0.318. The third-order valence-corrected chi connectivity index (χ3v) is 5.78. The summed E-state index contributed by atoms with van der Waals surface area (Å²) >= 11 is 0. The fourth-order valence-corrected chi connectivity index (χ4v) is 3.96. The van der Waals surface area contributed by atoms with Crippen LogP contribution in [0.2, 0.25) is 0 Å². The molecule has 0 unspecified atom stereocenters. The fourth-order valence-electron chi connectivity index (χ4n) is 3.96. The van der Waals surface area contributed by atoms with E-state index in [0.717, 1.165) is 83.9 Å². The van der Waals surface area contributed by atoms with Crippen LogP contribution in [0, 0.1) is 0 Å². The second-order valence-electron chi connectivity index (χ2n) is 7.44. The van der Waals surface area contributed by atoms with Gasteiger partial charge in [-0.05, 0) is 56.2 Å². The summed E-state index contributed by atoms with van der Waals surface area (Å²) in [5, 5.41) is 16.3. The minimum absolute atomic E-state index is 0.399. The molecule has 0 saturated carbocycles. The van der Waals surface area contributed by atoms with Crippen LogP contribution in [0.25, 0.3) is 11.3 Å². The molecule has 0 spiro atoms. The molecule has 1 aromatic carbocycles. The van der Waals surface area contributed by atoms with Crippen LogP contribution in [-0.4, -0.2) is 34.0 Å². The maximum atomic E-state index is 9.27. The molecule has 1 aliphatic rings. The predicted molar refractivity (Wildman–Crippen MR) is 117 cm³/mol. The number of hydrogen-bond acceptors (Lipinski definition) is 6. The lowest BCUT2D eigenvalue weighted by Gasteiger charge is -2.20. The van der Waals surface area contributed by atoms with Gasteiger partial charge in [-0.1, -0.05) is 32.9 Å². The first-order valence-electron chi connectivity index (χ1n) is 10.7. The second-order valence-corrected chi connectivity index (χ2v) is 7.44. The first-order valence-corrected chi connectivity index (χ1v) is 10.7. The Bertz CT molecular complexity index is 904. The van der Waals surface area contributed by atoms with E-state index in [1.54, 1.807) is 7.11 Å². The number of aryl methyl sites for hydroxylation is 3. The van der Waals surface area contributed by atoms with Gasteiger partial charge in [0.25, 0.3) is 0 Å². The van der Waals surface area contributed by atoms with Crippen molar-refractivity contribution in [3.05, 3.63) is 34.6 Å². The van der Waals surface area contributed by atoms with Crippen LogP contribution in [0.5, 0.6) is 5.75 Å². The van der Waals surface area contributed by atoms with Gasteiger partial charge in [-0.2, -0.15) is 0 Å². The number of nitrogens with zero attached hydrogens (tertiary/aromatic N) is 3. The average Bonchev–Trinajstić information content (AvgIpc) is 3.17. The van der Waals surface area contributed by atoms with Crippen LogP contribution in [0.4, 0.5) is 5.82 Å². The lowest BCUT2D eigenvalue weighted by atomic mass is 10.00. The molecule has 0 radical (unpaired) electrons. The van der Waals surface area contributed by atoms with Gasteiger partial charge in [-0.15, -0.1) is 0 Å². The first kappa shape index (κ1) is 21.1. The first-order chi connectivity index (χ1) is 14.1. The molecule has 2 aromatic rings. The Morgan fingerprint density at radius 2 is 1.76 bits per heavy atom. The van der Waals surface area contributed by atoms with Crippen LogP contribution in [0.15, 0.2) is 17.3 Å². The van der Waals surface area contributed by atoms with Crippen molar-refractivity contribution in [1.29, 1.82) is 0 Å². The van der Waals surface area contributed by atoms with E-state index in [1.807, 2.05) is 6.07 Å². The van der Waals surface area contributed by atoms with Gasteiger partial charge in [0.15, 0.2) is 0 Å². The molecule has 156 valence electrons. The highest BCUT2D eigenvalue weighted by Gasteiger charge is 2.24. The van der Waals surface area contributed by atoms with Gasteiger partial charge in [0.1, 0.15) is 11.6 Å². The van der Waals surface area contributed by atoms with Crippen LogP contribution in [0.3, 0.4) is 0 Å². The quantitative estimate of drug-likeness (QED) is 0.485. The predicted octanol–water partition coefficient (Wildman–Crippen LogP) is 5.00. The van der Waals surface area contributed by atoms with Crippen molar-refractivity contribution in [2.45, 2.75) is 72.3 Å². The van der Waals surface area contributed by atoms with Crippen molar-refractivity contribution < 1.29 is 9.94 Å². The molecule has 2 N–H and O–H groups in total. The molecule has 1 aliphatic carbocycles. The van der Waals surface area contributed by atoms with Gasteiger partial charge in [0.2, 0.25) is 0 Å². The van der Waals surface area contributed by atoms with E-state index in [2.05, 4.69) is 44.2 Å². The average molecular weight is 397 g/mol. The van der Waals surface area contributed by atoms with E-state index in [9.17, 15) is 5.21 Å². The van der Waals surface area contributed by atoms with E-state index in [0.29, 0.717) is 11.8 Å². The normalized spacial score (nSPS) is 14.5. The van der Waals surface area contributed by atoms with E-state index in [1.165, 1.54) is 0 Å². The van der Waals surface area contributed by atoms with Gasteiger partial charge in [0, 0.05) is 17.2 Å². The summed E-state index contributed by atoms with van der Waals surface area (Å²) in [5.41, 5.74) is 6.61. The standard InChI is InChI=1S/C23H32N4O2/c1-6-15(7-2)24-23-19(9-4)25-22(18(8-3)26-23)17-12-14-10-11-20(27-28)16(14)13-21(17)29-5/h12-13,15,28H,6-11H2,1-5H3,(H,24,26). The van der Waals surface area contributed by atoms with Crippen molar-refractivity contribution in [3.63, 3.8) is 0 Å². The summed E-state index contributed by atoms with van der Waals surface area (Å²) in [7, 11) is 1.67. The van der Waals surface area contributed by atoms with Gasteiger partial charge in [-0.3, -0.25) is 0 Å². The van der Waals surface area contributed by atoms with E-state index in [-0.39, 0.29) is 0 Å². The van der Waals surface area contributed by atoms with Crippen molar-refractivity contribution in [2.24, 2.45) is 5.16 Å². The summed E-state index contributed by atoms with van der Waals surface area (Å²) < 4.78 is 5.70. The number of anilines is 1. The van der Waals surface area contributed by atoms with Crippen molar-refractivity contribution in [2.75, 3.05) is 12.4 Å². The van der Waals surface area contributed by atoms with Gasteiger partial charge >= 0.3 is 0 Å². The third-order valence-electron chi connectivity index (χ3n) is 5.78. The minimum Gasteiger partial charge on any atom is -0.496 e. The maximum absolute atomic E-state index is 9.27. The zero-order chi connectivity index (χ0) is 21.0. The molecule has 3 rings (SSSR count). The Morgan fingerprint density at radius 3 is 2.34 bits per heavy atom. The zero-order valence-corrected chi connectivity index (χ0v) is 18.2. The Morgan fingerprint density at radius 1 is 1.03 bits per heavy atom. The molecule has 29 heavy (non-hydrogen) atoms. The second kappa shape index (κ2) is 9.25. The largest absolute Gasteiger partial charge is 0.496 e. The zero-order valence-electron chi connectivity index (χ0n) is 18.2. The van der Waals surface area contributed by atoms with Gasteiger partial charge in [0.05, 0.1) is 29.9 Å². The minimum atomic E-state index is 0.399. The number of oxime groups is 1. The molecule has 1 heterocycles. The highest BCUT2D eigenvalue weighted by molar-refractivity contribution is 6.05. The summed E-state index contributed by atoms with van der Waals surface area (Å²) in [6.45, 7) is 8.60. The molecule has 6 heteroatoms. The third kappa shape index (κ3) is 4.07. The Labute approximate surface area is 173 Å². The van der Waals surface area contributed by atoms with Gasteiger partial charge < -0.3 is 15.3 Å². The molecule has 0 saturated heterocycles. The van der Waals surface area contributed by atoms with Gasteiger partial charge in [-0.25, -0.2) is 9.97 Å². The molecule has 6 nitrogen and oxygen atoms in total. The van der Waals surface area contributed by atoms with Crippen LogP contribution < -0.4 is 10.1 Å². The number of aromatic nitrogens is 2. The molecular formula is C23H32N4O2. The van der Waals surface area contributed by atoms with Crippen molar-refractivity contribution in [1.82, 2.24) is 9.97 Å². The van der Waals surface area contributed by atoms with Crippen LogP contribution in [0.1, 0.15) is 69.5 Å². The molecule has 0 bridgehead atoms. The monoisotopic (exact) mass is 396 g/mol. The number of methoxy groups -OCH3 is 1. The highest BCUT2D eigenvalue weighted by atomic mass is 16.5. The van der Waals surface area contributed by atoms with E-state index in [4.69, 9.17) is 14.7 Å². The number of ether oxygens (including phenoxy) is 1. The maximum Gasteiger partial charge on any atom is 0.148 e. The lowest BCUT2D eigenvalue weighted by Crippen LogP contribution is -2.20. The van der Waals surface area contributed by atoms with E-state index >= 15 is 0 Å². The van der Waals surface area contributed by atoms with E-state index < -0.39 is 0 Å². The Hall–Kier alpha value is -2.63. The van der Waals surface area contributed by atoms with Crippen LogP contribution in [-0.2, 0) is 19.3 Å². The molecular weight excluding hydrogens is 364 g/mol. The Kier molecular flexibility index (Phi) is 6.72. The summed E-state index contributed by atoms with van der Waals surface area (Å²) in [6, 6.07) is 4.49. The molecule has 0 atom stereocenters. The summed E-state index contributed by atoms with van der Waals surface area (Å²) in [6.07, 6.45) is 5.29. The number of benzene rings is 1. The molecule has 1 aromatic heterocycles. The molecule has 0 fully saturated rings. The summed E-state index contributed by atoms with van der Waals surface area (Å²) in [5.74, 6) is 1.63. The number of nitrogens with one attached hydrogen (secondary N) is 1. The topological polar surface area (TPSA) is 79.6 Å². The number of hydrogen-bond donors (Lipinski definition) is 2. The smallest absolute Gasteiger partial charge is 0.148 e. The molecule has 0 aliphatic heterocycles. The number of rotatable bonds is 8. The fraction of sp³-hybridized carbons (Fsp3) is 0.522. The molecule has 0 amide bonds.